The first-order valence-electron chi connectivity index (χ1n) is 8.34. The quantitative estimate of drug-likeness (QED) is 0.725. The lowest BCUT2D eigenvalue weighted by Gasteiger charge is -2.32. The van der Waals surface area contributed by atoms with Crippen molar-refractivity contribution < 1.29 is 4.79 Å². The highest BCUT2D eigenvalue weighted by molar-refractivity contribution is 7.07. The number of rotatable bonds is 2. The molecule has 2 amide bonds. The smallest absolute Gasteiger partial charge is 0.321 e. The summed E-state index contributed by atoms with van der Waals surface area (Å²) >= 11 is 1.75. The fourth-order valence-corrected chi connectivity index (χ4v) is 4.32. The number of nitrogens with one attached hydrogen (secondary N) is 1. The van der Waals surface area contributed by atoms with Crippen LogP contribution in [0.15, 0.2) is 47.3 Å². The van der Waals surface area contributed by atoms with Crippen molar-refractivity contribution in [2.24, 2.45) is 7.05 Å². The normalized spacial score (nSPS) is 15.8. The van der Waals surface area contributed by atoms with Crippen LogP contribution in [-0.2, 0) is 7.05 Å². The fourth-order valence-electron chi connectivity index (χ4n) is 3.57. The van der Waals surface area contributed by atoms with E-state index in [-0.39, 0.29) is 6.03 Å². The lowest BCUT2D eigenvalue weighted by atomic mass is 9.91. The Kier molecular flexibility index (Phi) is 4.02. The van der Waals surface area contributed by atoms with Crippen LogP contribution >= 0.6 is 11.3 Å². The molecule has 1 saturated heterocycles. The first-order chi connectivity index (χ1) is 11.7. The van der Waals surface area contributed by atoms with Crippen molar-refractivity contribution in [1.29, 1.82) is 0 Å². The van der Waals surface area contributed by atoms with Crippen molar-refractivity contribution in [3.05, 3.63) is 52.9 Å². The van der Waals surface area contributed by atoms with Gasteiger partial charge in [-0.15, -0.1) is 0 Å². The predicted molar refractivity (Wildman–Crippen MR) is 99.8 cm³/mol. The largest absolute Gasteiger partial charge is 0.349 e. The van der Waals surface area contributed by atoms with E-state index in [9.17, 15) is 4.79 Å². The van der Waals surface area contributed by atoms with Gasteiger partial charge in [0.1, 0.15) is 0 Å². The maximum Gasteiger partial charge on any atom is 0.321 e. The van der Waals surface area contributed by atoms with Crippen LogP contribution in [0.2, 0.25) is 0 Å². The third-order valence-corrected chi connectivity index (χ3v) is 5.64. The van der Waals surface area contributed by atoms with Gasteiger partial charge in [0.05, 0.1) is 11.2 Å². The Morgan fingerprint density at radius 2 is 2.04 bits per heavy atom. The van der Waals surface area contributed by atoms with Gasteiger partial charge in [-0.1, -0.05) is 12.1 Å². The maximum absolute atomic E-state index is 12.6. The molecule has 1 aliphatic heterocycles. The summed E-state index contributed by atoms with van der Waals surface area (Å²) in [5.41, 5.74) is 3.37. The summed E-state index contributed by atoms with van der Waals surface area (Å²) in [6.45, 7) is 1.63. The number of fused-ring (bicyclic) bond motifs is 1. The van der Waals surface area contributed by atoms with Crippen LogP contribution in [0.4, 0.5) is 10.5 Å². The number of hydrogen-bond donors (Lipinski definition) is 1. The summed E-state index contributed by atoms with van der Waals surface area (Å²) in [4.78, 5) is 14.6. The molecule has 0 radical (unpaired) electrons. The average Bonchev–Trinajstić information content (AvgIpc) is 3.26. The maximum atomic E-state index is 12.6. The number of amides is 2. The van der Waals surface area contributed by atoms with E-state index in [0.717, 1.165) is 42.5 Å². The highest BCUT2D eigenvalue weighted by atomic mass is 32.1. The van der Waals surface area contributed by atoms with Crippen molar-refractivity contribution in [3.63, 3.8) is 0 Å². The molecule has 1 fully saturated rings. The predicted octanol–water partition coefficient (Wildman–Crippen LogP) is 4.65. The molecule has 1 aromatic carbocycles. The summed E-state index contributed by atoms with van der Waals surface area (Å²) in [5.74, 6) is 0.594. The van der Waals surface area contributed by atoms with E-state index < -0.39 is 0 Å². The van der Waals surface area contributed by atoms with Gasteiger partial charge in [0, 0.05) is 31.7 Å². The van der Waals surface area contributed by atoms with Crippen LogP contribution in [0.5, 0.6) is 0 Å². The Bertz CT molecular complexity index is 845. The molecule has 24 heavy (non-hydrogen) atoms. The Morgan fingerprint density at radius 1 is 1.21 bits per heavy atom. The molecule has 1 aliphatic rings. The van der Waals surface area contributed by atoms with Crippen LogP contribution in [-0.4, -0.2) is 28.6 Å². The number of para-hydroxylation sites is 1. The number of carbonyl (C=O) groups excluding carboxylic acids is 1. The Hall–Kier alpha value is -2.27. The molecule has 0 spiro atoms. The first kappa shape index (κ1) is 15.3. The van der Waals surface area contributed by atoms with Crippen molar-refractivity contribution in [3.8, 4) is 0 Å². The lowest BCUT2D eigenvalue weighted by molar-refractivity contribution is 0.194. The molecule has 3 heterocycles. The number of benzene rings is 1. The Morgan fingerprint density at radius 3 is 2.79 bits per heavy atom. The van der Waals surface area contributed by atoms with Gasteiger partial charge in [-0.3, -0.25) is 0 Å². The zero-order valence-corrected chi connectivity index (χ0v) is 14.6. The number of likely N-dealkylation sites (tertiary alicyclic amines) is 1. The van der Waals surface area contributed by atoms with E-state index in [1.165, 1.54) is 5.56 Å². The molecule has 124 valence electrons. The summed E-state index contributed by atoms with van der Waals surface area (Å²) in [6, 6.07) is 10.3. The molecule has 0 aliphatic carbocycles. The standard InChI is InChI=1S/C19H21N3OS/c1-21-9-5-15-3-2-4-17(18(15)21)20-19(23)22-10-6-14(7-11-22)16-8-12-24-13-16/h2-5,8-9,12-14H,6-7,10-11H2,1H3,(H,20,23). The monoisotopic (exact) mass is 339 g/mol. The average molecular weight is 339 g/mol. The van der Waals surface area contributed by atoms with Crippen molar-refractivity contribution in [2.45, 2.75) is 18.8 Å². The van der Waals surface area contributed by atoms with Gasteiger partial charge in [-0.25, -0.2) is 4.79 Å². The highest BCUT2D eigenvalue weighted by Crippen LogP contribution is 2.30. The minimum atomic E-state index is 0.00692. The topological polar surface area (TPSA) is 37.3 Å². The zero-order chi connectivity index (χ0) is 16.5. The summed E-state index contributed by atoms with van der Waals surface area (Å²) in [5, 5.41) is 8.61. The number of aromatic nitrogens is 1. The van der Waals surface area contributed by atoms with E-state index in [1.54, 1.807) is 11.3 Å². The van der Waals surface area contributed by atoms with Gasteiger partial charge in [-0.2, -0.15) is 11.3 Å². The molecule has 3 aromatic rings. The zero-order valence-electron chi connectivity index (χ0n) is 13.7. The minimum Gasteiger partial charge on any atom is -0.349 e. The van der Waals surface area contributed by atoms with Gasteiger partial charge in [0.25, 0.3) is 0 Å². The number of nitrogens with zero attached hydrogens (tertiary/aromatic N) is 2. The third kappa shape index (κ3) is 2.80. The molecule has 4 rings (SSSR count). The van der Waals surface area contributed by atoms with Gasteiger partial charge in [0.15, 0.2) is 0 Å². The van der Waals surface area contributed by atoms with Crippen molar-refractivity contribution >= 4 is 34.0 Å². The summed E-state index contributed by atoms with van der Waals surface area (Å²) in [6.07, 6.45) is 4.10. The molecule has 0 bridgehead atoms. The molecular weight excluding hydrogens is 318 g/mol. The van der Waals surface area contributed by atoms with Crippen LogP contribution in [0, 0.1) is 0 Å². The van der Waals surface area contributed by atoms with E-state index >= 15 is 0 Å². The van der Waals surface area contributed by atoms with Gasteiger partial charge in [-0.05, 0) is 53.3 Å². The molecular formula is C19H21N3OS. The molecule has 5 heteroatoms. The van der Waals surface area contributed by atoms with Crippen LogP contribution in [0.25, 0.3) is 10.9 Å². The van der Waals surface area contributed by atoms with Gasteiger partial charge >= 0.3 is 6.03 Å². The van der Waals surface area contributed by atoms with Crippen molar-refractivity contribution in [1.82, 2.24) is 9.47 Å². The lowest BCUT2D eigenvalue weighted by Crippen LogP contribution is -2.40. The SMILES string of the molecule is Cn1ccc2cccc(NC(=O)N3CCC(c4ccsc4)CC3)c21. The number of carbonyl (C=O) groups is 1. The van der Waals surface area contributed by atoms with E-state index in [0.29, 0.717) is 5.92 Å². The number of urea groups is 1. The second kappa shape index (κ2) is 6.32. The van der Waals surface area contributed by atoms with Crippen LogP contribution in [0.1, 0.15) is 24.3 Å². The van der Waals surface area contributed by atoms with E-state index in [2.05, 4.69) is 34.3 Å². The number of aryl methyl sites for hydroxylation is 1. The Balaban J connectivity index is 1.44. The summed E-state index contributed by atoms with van der Waals surface area (Å²) < 4.78 is 2.05. The van der Waals surface area contributed by atoms with Gasteiger partial charge in [0.2, 0.25) is 0 Å². The molecule has 0 saturated carbocycles. The third-order valence-electron chi connectivity index (χ3n) is 4.94. The minimum absolute atomic E-state index is 0.00692. The fraction of sp³-hybridized carbons (Fsp3) is 0.316. The second-order valence-corrected chi connectivity index (χ2v) is 7.20. The van der Waals surface area contributed by atoms with E-state index in [4.69, 9.17) is 0 Å². The van der Waals surface area contributed by atoms with Crippen LogP contribution in [0.3, 0.4) is 0 Å². The molecule has 2 aromatic heterocycles. The molecule has 0 atom stereocenters. The molecule has 4 nitrogen and oxygen atoms in total. The highest BCUT2D eigenvalue weighted by Gasteiger charge is 2.24. The molecule has 1 N–H and O–H groups in total. The number of anilines is 1. The number of thiophene rings is 1. The van der Waals surface area contributed by atoms with Crippen LogP contribution < -0.4 is 5.32 Å². The van der Waals surface area contributed by atoms with Gasteiger partial charge < -0.3 is 14.8 Å². The Labute approximate surface area is 145 Å². The van der Waals surface area contributed by atoms with E-state index in [1.807, 2.05) is 34.8 Å². The number of piperidine rings is 1. The van der Waals surface area contributed by atoms with Crippen molar-refractivity contribution in [2.75, 3.05) is 18.4 Å². The first-order valence-corrected chi connectivity index (χ1v) is 9.29. The molecule has 0 unspecified atom stereocenters. The second-order valence-electron chi connectivity index (χ2n) is 6.42. The number of hydrogen-bond acceptors (Lipinski definition) is 2. The summed E-state index contributed by atoms with van der Waals surface area (Å²) in [7, 11) is 2.00.